The number of hydrogen-bond acceptors (Lipinski definition) is 12. The van der Waals surface area contributed by atoms with E-state index >= 15 is 0 Å². The van der Waals surface area contributed by atoms with Gasteiger partial charge in [-0.05, 0) is 194 Å². The van der Waals surface area contributed by atoms with E-state index in [0.717, 1.165) is 166 Å². The smallest absolute Gasteiger partial charge is 0.189 e. The van der Waals surface area contributed by atoms with Crippen molar-refractivity contribution in [2.45, 2.75) is 0 Å². The van der Waals surface area contributed by atoms with E-state index in [1.165, 1.54) is 5.39 Å². The first-order chi connectivity index (χ1) is 71.0. The van der Waals surface area contributed by atoms with Crippen LogP contribution in [0.3, 0.4) is 0 Å². The predicted molar refractivity (Wildman–Crippen MR) is 577 cm³/mol. The number of nitrogens with zero attached hydrogens (tertiary/aromatic N) is 15. The van der Waals surface area contributed by atoms with Crippen molar-refractivity contribution in [2.75, 3.05) is 0 Å². The minimum absolute atomic E-state index is 0.451. The lowest BCUT2D eigenvalue weighted by Crippen LogP contribution is -2.00. The second-order valence-electron chi connectivity index (χ2n) is 34.2. The quantitative estimate of drug-likeness (QED) is 0.0782. The summed E-state index contributed by atoms with van der Waals surface area (Å²) in [6.45, 7) is 22.2. The van der Waals surface area contributed by atoms with Crippen LogP contribution in [-0.2, 0) is 0 Å². The van der Waals surface area contributed by atoms with Crippen LogP contribution in [0.15, 0.2) is 467 Å². The SMILES string of the molecule is [C-]#[N+]c1cc(C#N)cc(-c2ccc(-c3ccc4c(-c5ccc(-c6nc(-c7ccccc7)nc(-c7ccccc7)n6)cc5)cccc4c3)cc2)c1.[C-]#[N+]c1cc(C#N)cc(-c2ccc(-c3ccc4cccc(-c5ccc(-c6nc(-c7ccccc7)nc(-c7ccccc7)n6)cc5)c4c3)cc2)c1.[C-]#[N+]c1cc(C#N)cc(-c2ccc3cccc(-c4ccc(-c5nc(-c6ccccc6)nc(-c6ccccc6)n5)cc4)c3c2)c1. The molecule has 0 aliphatic rings. The summed E-state index contributed by atoms with van der Waals surface area (Å²) in [4.78, 5) is 54.3. The van der Waals surface area contributed by atoms with Gasteiger partial charge in [-0.3, -0.25) is 0 Å². The lowest BCUT2D eigenvalue weighted by molar-refractivity contribution is 1.07. The summed E-state index contributed by atoms with van der Waals surface area (Å²) in [7, 11) is 0. The van der Waals surface area contributed by atoms with E-state index in [0.29, 0.717) is 86.2 Å². The number of aromatic nitrogens is 9. The molecular formula is C129H77N15. The van der Waals surface area contributed by atoms with E-state index in [9.17, 15) is 15.8 Å². The van der Waals surface area contributed by atoms with Crippen LogP contribution < -0.4 is 0 Å². The highest BCUT2D eigenvalue weighted by Crippen LogP contribution is 2.42. The van der Waals surface area contributed by atoms with Gasteiger partial charge in [0.1, 0.15) is 0 Å². The van der Waals surface area contributed by atoms with Crippen molar-refractivity contribution < 1.29 is 0 Å². The van der Waals surface area contributed by atoms with Crippen molar-refractivity contribution in [2.24, 2.45) is 0 Å². The molecule has 0 N–H and O–H groups in total. The fourth-order valence-electron chi connectivity index (χ4n) is 17.8. The summed E-state index contributed by atoms with van der Waals surface area (Å²) in [6, 6.07) is 162. The van der Waals surface area contributed by atoms with Crippen LogP contribution in [0.1, 0.15) is 16.7 Å². The Morgan fingerprint density at radius 3 is 0.632 bits per heavy atom. The second kappa shape index (κ2) is 41.0. The summed E-state index contributed by atoms with van der Waals surface area (Å²) in [5.41, 5.74) is 27.6. The van der Waals surface area contributed by atoms with Crippen LogP contribution in [0.4, 0.5) is 17.1 Å². The highest BCUT2D eigenvalue weighted by atomic mass is 15.1. The monoisotopic (exact) mass is 1840 g/mol. The lowest BCUT2D eigenvalue weighted by atomic mass is 9.93. The van der Waals surface area contributed by atoms with Crippen molar-refractivity contribution in [3.05, 3.63) is 518 Å². The molecule has 0 saturated carbocycles. The Morgan fingerprint density at radius 2 is 0.361 bits per heavy atom. The molecule has 0 amide bonds. The fraction of sp³-hybridized carbons (Fsp3) is 0. The zero-order valence-corrected chi connectivity index (χ0v) is 77.2. The highest BCUT2D eigenvalue weighted by molar-refractivity contribution is 6.03. The normalized spacial score (nSPS) is 10.7. The Balaban J connectivity index is 0.000000128. The summed E-state index contributed by atoms with van der Waals surface area (Å²) in [5.74, 6) is 5.66. The van der Waals surface area contributed by atoms with Crippen LogP contribution in [0.5, 0.6) is 0 Å². The zero-order chi connectivity index (χ0) is 97.6. The van der Waals surface area contributed by atoms with Gasteiger partial charge < -0.3 is 0 Å². The maximum atomic E-state index is 9.48. The van der Waals surface area contributed by atoms with Gasteiger partial charge in [-0.2, -0.15) is 15.8 Å². The standard InChI is InChI=1S/2C45H27N5.C39H23N5/c1-47-40-26-30(29-46)25-39(27-40)32-17-15-31(16-18-32)38-24-21-33-13-8-14-41(42(33)28-38)34-19-22-37(23-20-34)45-49-43(35-9-4-2-5-10-35)48-44(50-45)36-11-6-3-7-12-36;1-47-40-26-30(29-46)25-39(28-40)32-17-15-31(16-18-32)37-23-24-42-38(27-37)13-8-14-41(42)33-19-21-36(22-20-33)45-49-43(34-9-4-2-5-10-34)48-44(50-45)35-11-6-3-7-12-35;1-41-34-22-26(25-40)21-33(23-34)32-20-17-27-13-8-14-35(36(27)24-32)28-15-18-31(19-16-28)39-43-37(29-9-4-2-5-10-29)42-38(44-39)30-11-6-3-7-12-30/h2*2-28H;2-24H. The molecule has 0 aliphatic heterocycles. The first-order valence-corrected chi connectivity index (χ1v) is 46.5. The van der Waals surface area contributed by atoms with E-state index in [1.807, 2.05) is 249 Å². The van der Waals surface area contributed by atoms with Crippen LogP contribution in [0, 0.1) is 53.7 Å². The van der Waals surface area contributed by atoms with Gasteiger partial charge in [0.15, 0.2) is 69.5 Å². The molecule has 0 unspecified atom stereocenters. The molecule has 0 aliphatic carbocycles. The molecule has 3 heterocycles. The van der Waals surface area contributed by atoms with Crippen molar-refractivity contribution in [1.82, 2.24) is 44.9 Å². The Bertz CT molecular complexity index is 8800. The van der Waals surface area contributed by atoms with Crippen LogP contribution in [0.25, 0.3) is 238 Å². The first kappa shape index (κ1) is 89.7. The molecule has 15 nitrogen and oxygen atoms in total. The molecule has 0 spiro atoms. The Kier molecular flexibility index (Phi) is 25.5. The molecule has 0 atom stereocenters. The van der Waals surface area contributed by atoms with Crippen LogP contribution in [-0.4, -0.2) is 44.9 Å². The maximum absolute atomic E-state index is 9.48. The molecule has 0 fully saturated rings. The van der Waals surface area contributed by atoms with Gasteiger partial charge in [0, 0.05) is 66.8 Å². The third-order valence-corrected chi connectivity index (χ3v) is 25.1. The number of rotatable bonds is 17. The maximum Gasteiger partial charge on any atom is 0.189 e. The minimum Gasteiger partial charge on any atom is -0.238 e. The van der Waals surface area contributed by atoms with Crippen molar-refractivity contribution in [3.63, 3.8) is 0 Å². The van der Waals surface area contributed by atoms with Gasteiger partial charge in [-0.25, -0.2) is 59.4 Å². The molecule has 3 aromatic heterocycles. The molecule has 23 rings (SSSR count). The Hall–Kier alpha value is -20.8. The second-order valence-corrected chi connectivity index (χ2v) is 34.2. The van der Waals surface area contributed by atoms with E-state index in [-0.39, 0.29) is 0 Å². The molecular weight excluding hydrogens is 1760 g/mol. The molecule has 15 heteroatoms. The van der Waals surface area contributed by atoms with Gasteiger partial charge in [0.05, 0.1) is 37.9 Å². The molecule has 668 valence electrons. The van der Waals surface area contributed by atoms with Crippen molar-refractivity contribution in [3.8, 4) is 210 Å². The van der Waals surface area contributed by atoms with Crippen molar-refractivity contribution in [1.29, 1.82) is 15.8 Å². The molecule has 0 radical (unpaired) electrons. The Morgan fingerprint density at radius 1 is 0.153 bits per heavy atom. The van der Waals surface area contributed by atoms with E-state index < -0.39 is 0 Å². The summed E-state index contributed by atoms with van der Waals surface area (Å²) >= 11 is 0. The van der Waals surface area contributed by atoms with Crippen molar-refractivity contribution >= 4 is 49.4 Å². The molecule has 23 aromatic rings. The van der Waals surface area contributed by atoms with Gasteiger partial charge in [-0.15, -0.1) is 0 Å². The molecule has 144 heavy (non-hydrogen) atoms. The predicted octanol–water partition coefficient (Wildman–Crippen LogP) is 32.7. The molecule has 20 aromatic carbocycles. The Labute approximate surface area is 832 Å². The van der Waals surface area contributed by atoms with Crippen LogP contribution in [0.2, 0.25) is 0 Å². The number of benzene rings is 20. The average Bonchev–Trinajstić information content (AvgIpc) is 0.808. The largest absolute Gasteiger partial charge is 0.238 e. The van der Waals surface area contributed by atoms with E-state index in [4.69, 9.17) is 64.6 Å². The first-order valence-electron chi connectivity index (χ1n) is 46.5. The molecule has 0 bridgehead atoms. The topological polar surface area (TPSA) is 200 Å². The number of fused-ring (bicyclic) bond motifs is 3. The van der Waals surface area contributed by atoms with E-state index in [2.05, 4.69) is 233 Å². The van der Waals surface area contributed by atoms with Gasteiger partial charge in [0.2, 0.25) is 0 Å². The third-order valence-electron chi connectivity index (χ3n) is 25.1. The minimum atomic E-state index is 0.451. The molecule has 0 saturated heterocycles. The number of nitriles is 3. The highest BCUT2D eigenvalue weighted by Gasteiger charge is 2.21. The third kappa shape index (κ3) is 19.7. The average molecular weight is 1840 g/mol. The summed E-state index contributed by atoms with van der Waals surface area (Å²) in [5, 5.41) is 35.1. The summed E-state index contributed by atoms with van der Waals surface area (Å²) in [6.07, 6.45) is 0. The van der Waals surface area contributed by atoms with Crippen LogP contribution >= 0.6 is 0 Å². The summed E-state index contributed by atoms with van der Waals surface area (Å²) < 4.78 is 0. The van der Waals surface area contributed by atoms with Gasteiger partial charge >= 0.3 is 0 Å². The van der Waals surface area contributed by atoms with Gasteiger partial charge in [0.25, 0.3) is 0 Å². The lowest BCUT2D eigenvalue weighted by Gasteiger charge is -2.12. The van der Waals surface area contributed by atoms with Gasteiger partial charge in [-0.1, -0.05) is 394 Å². The fourth-order valence-corrected chi connectivity index (χ4v) is 17.8. The number of hydrogen-bond donors (Lipinski definition) is 0. The van der Waals surface area contributed by atoms with E-state index in [1.54, 1.807) is 18.2 Å². The zero-order valence-electron chi connectivity index (χ0n) is 77.2.